The molecule has 154 valence electrons. The van der Waals surface area contributed by atoms with E-state index in [0.717, 1.165) is 10.9 Å². The fourth-order valence-electron chi connectivity index (χ4n) is 3.11. The van der Waals surface area contributed by atoms with E-state index >= 15 is 0 Å². The fourth-order valence-corrected chi connectivity index (χ4v) is 3.11. The number of hydrogen-bond donors (Lipinski definition) is 4. The molecule has 0 spiro atoms. The van der Waals surface area contributed by atoms with Gasteiger partial charge in [-0.25, -0.2) is 0 Å². The lowest BCUT2D eigenvalue weighted by atomic mass is 10.0. The number of hydrogen-bond acceptors (Lipinski definition) is 5. The van der Waals surface area contributed by atoms with Gasteiger partial charge in [-0.15, -0.1) is 0 Å². The van der Waals surface area contributed by atoms with Gasteiger partial charge in [-0.3, -0.25) is 9.59 Å². The minimum Gasteiger partial charge on any atom is -0.381 e. The molecule has 1 heterocycles. The summed E-state index contributed by atoms with van der Waals surface area (Å²) >= 11 is 0. The van der Waals surface area contributed by atoms with E-state index in [0.29, 0.717) is 11.1 Å². The van der Waals surface area contributed by atoms with Crippen LogP contribution in [0.15, 0.2) is 54.6 Å². The molecule has 0 saturated heterocycles. The molecule has 0 aliphatic carbocycles. The first-order valence-corrected chi connectivity index (χ1v) is 9.34. The number of benzene rings is 2. The Morgan fingerprint density at radius 1 is 1.20 bits per heavy atom. The summed E-state index contributed by atoms with van der Waals surface area (Å²) in [6, 6.07) is 17.1. The number of nitrogens with zero attached hydrogens (tertiary/aromatic N) is 1. The first kappa shape index (κ1) is 21.0. The lowest BCUT2D eigenvalue weighted by Gasteiger charge is -2.23. The van der Waals surface area contributed by atoms with Crippen LogP contribution in [0.4, 0.5) is 0 Å². The number of rotatable bonds is 8. The molecule has 3 aromatic rings. The van der Waals surface area contributed by atoms with Crippen LogP contribution >= 0.6 is 0 Å². The number of ether oxygens (including phenoxy) is 1. The second-order valence-electron chi connectivity index (χ2n) is 6.79. The van der Waals surface area contributed by atoms with E-state index in [1.807, 2.05) is 30.3 Å². The monoisotopic (exact) mass is 406 g/mol. The van der Waals surface area contributed by atoms with Crippen molar-refractivity contribution in [1.82, 2.24) is 15.6 Å². The van der Waals surface area contributed by atoms with Crippen LogP contribution in [-0.4, -0.2) is 47.9 Å². The molecular weight excluding hydrogens is 384 g/mol. The summed E-state index contributed by atoms with van der Waals surface area (Å²) in [6.07, 6.45) is -1.22. The van der Waals surface area contributed by atoms with E-state index in [4.69, 9.17) is 10.00 Å². The van der Waals surface area contributed by atoms with Gasteiger partial charge in [0, 0.05) is 18.0 Å². The van der Waals surface area contributed by atoms with Gasteiger partial charge < -0.3 is 25.5 Å². The summed E-state index contributed by atoms with van der Waals surface area (Å²) in [5.74, 6) is -1.11. The molecule has 0 unspecified atom stereocenters. The predicted molar refractivity (Wildman–Crippen MR) is 110 cm³/mol. The van der Waals surface area contributed by atoms with Crippen LogP contribution in [0.2, 0.25) is 0 Å². The zero-order valence-corrected chi connectivity index (χ0v) is 16.4. The van der Waals surface area contributed by atoms with E-state index in [9.17, 15) is 14.7 Å². The Morgan fingerprint density at radius 3 is 2.67 bits per heavy atom. The van der Waals surface area contributed by atoms with Crippen LogP contribution in [0.5, 0.6) is 0 Å². The van der Waals surface area contributed by atoms with E-state index in [1.165, 1.54) is 7.11 Å². The quantitative estimate of drug-likeness (QED) is 0.421. The number of methoxy groups -OCH3 is 1. The van der Waals surface area contributed by atoms with Gasteiger partial charge in [0.25, 0.3) is 11.8 Å². The number of aliphatic hydroxyl groups excluding tert-OH is 1. The Kier molecular flexibility index (Phi) is 6.80. The summed E-state index contributed by atoms with van der Waals surface area (Å²) in [6.45, 7) is -0.0505. The van der Waals surface area contributed by atoms with E-state index < -0.39 is 24.0 Å². The molecule has 2 atom stereocenters. The molecule has 0 radical (unpaired) electrons. The van der Waals surface area contributed by atoms with Crippen LogP contribution in [0.25, 0.3) is 10.9 Å². The number of amides is 2. The SMILES string of the molecule is COCNC(=O)[C@H](O)[C@H](Cc1ccccc1)NC(=O)c1cc2cc(C#N)ccc2[nH]1. The number of fused-ring (bicyclic) bond motifs is 1. The summed E-state index contributed by atoms with van der Waals surface area (Å²) in [7, 11) is 1.42. The normalized spacial score (nSPS) is 12.7. The molecule has 4 N–H and O–H groups in total. The Morgan fingerprint density at radius 2 is 1.97 bits per heavy atom. The second-order valence-corrected chi connectivity index (χ2v) is 6.79. The van der Waals surface area contributed by atoms with Crippen molar-refractivity contribution in [2.75, 3.05) is 13.8 Å². The minimum absolute atomic E-state index is 0.0505. The largest absolute Gasteiger partial charge is 0.381 e. The summed E-state index contributed by atoms with van der Waals surface area (Å²) in [5.41, 5.74) is 2.32. The Balaban J connectivity index is 1.81. The number of carbonyl (C=O) groups is 2. The Hall–Kier alpha value is -3.67. The van der Waals surface area contributed by atoms with Crippen molar-refractivity contribution in [2.45, 2.75) is 18.6 Å². The number of nitrogens with one attached hydrogen (secondary N) is 3. The molecule has 0 fully saturated rings. The van der Waals surface area contributed by atoms with Crippen molar-refractivity contribution in [3.8, 4) is 6.07 Å². The standard InChI is InChI=1S/C22H22N4O4/c1-30-13-24-22(29)20(27)18(10-14-5-3-2-4-6-14)26-21(28)19-11-16-9-15(12-23)7-8-17(16)25-19/h2-9,11,18,20,25,27H,10,13H2,1H3,(H,24,29)(H,26,28)/t18-,20+/m0/s1. The third-order valence-corrected chi connectivity index (χ3v) is 4.65. The second kappa shape index (κ2) is 9.69. The molecule has 30 heavy (non-hydrogen) atoms. The van der Waals surface area contributed by atoms with Crippen molar-refractivity contribution in [3.05, 3.63) is 71.4 Å². The average molecular weight is 406 g/mol. The average Bonchev–Trinajstić information content (AvgIpc) is 3.20. The van der Waals surface area contributed by atoms with Gasteiger partial charge in [-0.05, 0) is 36.2 Å². The highest BCUT2D eigenvalue weighted by molar-refractivity contribution is 5.98. The van der Waals surface area contributed by atoms with E-state index in [2.05, 4.69) is 21.7 Å². The molecule has 8 nitrogen and oxygen atoms in total. The Labute approximate surface area is 173 Å². The molecular formula is C22H22N4O4. The van der Waals surface area contributed by atoms with Crippen LogP contribution in [0, 0.1) is 11.3 Å². The number of nitriles is 1. The lowest BCUT2D eigenvalue weighted by molar-refractivity contribution is -0.132. The maximum absolute atomic E-state index is 12.8. The lowest BCUT2D eigenvalue weighted by Crippen LogP contribution is -2.52. The van der Waals surface area contributed by atoms with Gasteiger partial charge in [-0.1, -0.05) is 30.3 Å². The van der Waals surface area contributed by atoms with Crippen LogP contribution in [0.1, 0.15) is 21.6 Å². The van der Waals surface area contributed by atoms with E-state index in [1.54, 1.807) is 24.3 Å². The highest BCUT2D eigenvalue weighted by atomic mass is 16.5. The molecule has 2 aromatic carbocycles. The van der Waals surface area contributed by atoms with Gasteiger partial charge in [0.2, 0.25) is 0 Å². The zero-order valence-electron chi connectivity index (χ0n) is 16.4. The summed E-state index contributed by atoms with van der Waals surface area (Å²) < 4.78 is 4.81. The molecule has 0 aliphatic heterocycles. The molecule has 0 aliphatic rings. The first-order valence-electron chi connectivity index (χ1n) is 9.34. The van der Waals surface area contributed by atoms with Gasteiger partial charge in [-0.2, -0.15) is 5.26 Å². The molecule has 0 bridgehead atoms. The van der Waals surface area contributed by atoms with Crippen molar-refractivity contribution in [1.29, 1.82) is 5.26 Å². The smallest absolute Gasteiger partial charge is 0.268 e. The first-order chi connectivity index (χ1) is 14.5. The molecule has 3 rings (SSSR count). The molecule has 8 heteroatoms. The van der Waals surface area contributed by atoms with Gasteiger partial charge in [0.1, 0.15) is 12.4 Å². The maximum Gasteiger partial charge on any atom is 0.268 e. The van der Waals surface area contributed by atoms with Crippen LogP contribution < -0.4 is 10.6 Å². The van der Waals surface area contributed by atoms with Crippen LogP contribution in [-0.2, 0) is 16.0 Å². The maximum atomic E-state index is 12.8. The highest BCUT2D eigenvalue weighted by Gasteiger charge is 2.28. The Bertz CT molecular complexity index is 1070. The van der Waals surface area contributed by atoms with Crippen molar-refractivity contribution in [2.24, 2.45) is 0 Å². The predicted octanol–water partition coefficient (Wildman–Crippen LogP) is 1.46. The fraction of sp³-hybridized carbons (Fsp3) is 0.227. The minimum atomic E-state index is -1.47. The highest BCUT2D eigenvalue weighted by Crippen LogP contribution is 2.17. The number of aromatic amines is 1. The van der Waals surface area contributed by atoms with Crippen molar-refractivity contribution < 1.29 is 19.4 Å². The van der Waals surface area contributed by atoms with Crippen LogP contribution in [0.3, 0.4) is 0 Å². The van der Waals surface area contributed by atoms with Crippen molar-refractivity contribution in [3.63, 3.8) is 0 Å². The molecule has 1 aromatic heterocycles. The van der Waals surface area contributed by atoms with Crippen molar-refractivity contribution >= 4 is 22.7 Å². The number of aliphatic hydroxyl groups is 1. The number of carbonyl (C=O) groups excluding carboxylic acids is 2. The molecule has 0 saturated carbocycles. The summed E-state index contributed by atoms with van der Waals surface area (Å²) in [5, 5.41) is 25.5. The third-order valence-electron chi connectivity index (χ3n) is 4.65. The zero-order chi connectivity index (χ0) is 21.5. The van der Waals surface area contributed by atoms with Gasteiger partial charge >= 0.3 is 0 Å². The third kappa shape index (κ3) is 5.03. The van der Waals surface area contributed by atoms with Gasteiger partial charge in [0.05, 0.1) is 17.7 Å². The summed E-state index contributed by atoms with van der Waals surface area (Å²) in [4.78, 5) is 28.1. The number of H-pyrrole nitrogens is 1. The topological polar surface area (TPSA) is 127 Å². The number of aromatic nitrogens is 1. The molecule has 2 amide bonds. The van der Waals surface area contributed by atoms with E-state index in [-0.39, 0.29) is 18.8 Å². The van der Waals surface area contributed by atoms with Gasteiger partial charge in [0.15, 0.2) is 6.10 Å².